The number of hydrogen-bond donors (Lipinski definition) is 1. The fourth-order valence-corrected chi connectivity index (χ4v) is 2.93. The van der Waals surface area contributed by atoms with Gasteiger partial charge in [-0.25, -0.2) is 9.50 Å². The molecule has 1 aromatic carbocycles. The standard InChI is InChI=1S/C19H19F3N6O2/c1-4-27(10-15(29)24-14-8-6-5-7-13(14)19(20,21)22)17(30)16-25-18-23-11(2)9-12(3)28(18)26-16/h5-9H,4,10H2,1-3H3,(H,24,29). The monoisotopic (exact) mass is 420 g/mol. The number of nitrogens with zero attached hydrogens (tertiary/aromatic N) is 5. The Balaban J connectivity index is 1.78. The van der Waals surface area contributed by atoms with E-state index >= 15 is 0 Å². The second kappa shape index (κ2) is 8.09. The van der Waals surface area contributed by atoms with Gasteiger partial charge >= 0.3 is 6.18 Å². The van der Waals surface area contributed by atoms with Crippen LogP contribution in [0.3, 0.4) is 0 Å². The topological polar surface area (TPSA) is 92.5 Å². The van der Waals surface area contributed by atoms with Gasteiger partial charge in [0.05, 0.1) is 11.3 Å². The highest BCUT2D eigenvalue weighted by Crippen LogP contribution is 2.34. The van der Waals surface area contributed by atoms with Crippen LogP contribution in [-0.4, -0.2) is 49.4 Å². The van der Waals surface area contributed by atoms with Crippen LogP contribution in [0.4, 0.5) is 18.9 Å². The molecule has 2 amide bonds. The van der Waals surface area contributed by atoms with Gasteiger partial charge in [0, 0.05) is 17.9 Å². The lowest BCUT2D eigenvalue weighted by atomic mass is 10.1. The maximum atomic E-state index is 13.1. The van der Waals surface area contributed by atoms with E-state index in [4.69, 9.17) is 0 Å². The molecule has 0 atom stereocenters. The molecular formula is C19H19F3N6O2. The minimum Gasteiger partial charge on any atom is -0.327 e. The van der Waals surface area contributed by atoms with Crippen molar-refractivity contribution < 1.29 is 22.8 Å². The Morgan fingerprint density at radius 3 is 2.53 bits per heavy atom. The number of rotatable bonds is 5. The van der Waals surface area contributed by atoms with Gasteiger partial charge in [0.1, 0.15) is 6.54 Å². The van der Waals surface area contributed by atoms with Gasteiger partial charge in [-0.2, -0.15) is 18.2 Å². The number of anilines is 1. The first-order chi connectivity index (χ1) is 14.1. The number of nitrogens with one attached hydrogen (secondary N) is 1. The summed E-state index contributed by atoms with van der Waals surface area (Å²) in [5.41, 5.74) is 0.0985. The minimum absolute atomic E-state index is 0.133. The van der Waals surface area contributed by atoms with Crippen molar-refractivity contribution in [3.05, 3.63) is 53.1 Å². The molecule has 2 heterocycles. The quantitative estimate of drug-likeness (QED) is 0.685. The third-order valence-electron chi connectivity index (χ3n) is 4.32. The molecule has 0 aliphatic rings. The Bertz CT molecular complexity index is 1110. The van der Waals surface area contributed by atoms with E-state index in [-0.39, 0.29) is 23.8 Å². The molecule has 8 nitrogen and oxygen atoms in total. The number of carbonyl (C=O) groups excluding carboxylic acids is 2. The summed E-state index contributed by atoms with van der Waals surface area (Å²) < 4.78 is 40.7. The van der Waals surface area contributed by atoms with Gasteiger partial charge in [0.15, 0.2) is 0 Å². The third-order valence-corrected chi connectivity index (χ3v) is 4.32. The van der Waals surface area contributed by atoms with Crippen molar-refractivity contribution in [3.63, 3.8) is 0 Å². The first-order valence-electron chi connectivity index (χ1n) is 9.06. The number of amides is 2. The lowest BCUT2D eigenvalue weighted by molar-refractivity contribution is -0.137. The molecule has 0 bridgehead atoms. The molecule has 2 aromatic heterocycles. The Labute approximate surface area is 169 Å². The second-order valence-corrected chi connectivity index (χ2v) is 6.60. The molecule has 3 rings (SSSR count). The number of aryl methyl sites for hydroxylation is 2. The second-order valence-electron chi connectivity index (χ2n) is 6.60. The number of para-hydroxylation sites is 1. The van der Waals surface area contributed by atoms with Crippen LogP contribution < -0.4 is 5.32 Å². The van der Waals surface area contributed by atoms with Crippen molar-refractivity contribution >= 4 is 23.3 Å². The molecule has 158 valence electrons. The molecule has 1 N–H and O–H groups in total. The SMILES string of the molecule is CCN(CC(=O)Nc1ccccc1C(F)(F)F)C(=O)c1nc2nc(C)cc(C)n2n1. The molecule has 0 saturated carbocycles. The molecule has 30 heavy (non-hydrogen) atoms. The summed E-state index contributed by atoms with van der Waals surface area (Å²) in [6, 6.07) is 6.41. The highest BCUT2D eigenvalue weighted by molar-refractivity contribution is 5.98. The predicted molar refractivity (Wildman–Crippen MR) is 102 cm³/mol. The zero-order valence-corrected chi connectivity index (χ0v) is 16.5. The molecule has 0 fully saturated rings. The number of aromatic nitrogens is 4. The first kappa shape index (κ1) is 21.2. The number of hydrogen-bond acceptors (Lipinski definition) is 5. The largest absolute Gasteiger partial charge is 0.418 e. The van der Waals surface area contributed by atoms with Gasteiger partial charge in [-0.3, -0.25) is 9.59 Å². The van der Waals surface area contributed by atoms with Crippen LogP contribution in [0.1, 0.15) is 34.5 Å². The van der Waals surface area contributed by atoms with E-state index in [9.17, 15) is 22.8 Å². The van der Waals surface area contributed by atoms with Crippen LogP contribution in [0.5, 0.6) is 0 Å². The van der Waals surface area contributed by atoms with Gasteiger partial charge < -0.3 is 10.2 Å². The first-order valence-corrected chi connectivity index (χ1v) is 9.06. The van der Waals surface area contributed by atoms with Crippen LogP contribution in [-0.2, 0) is 11.0 Å². The van der Waals surface area contributed by atoms with Crippen LogP contribution in [0.15, 0.2) is 30.3 Å². The maximum absolute atomic E-state index is 13.1. The minimum atomic E-state index is -4.62. The van der Waals surface area contributed by atoms with Gasteiger partial charge in [-0.1, -0.05) is 12.1 Å². The average Bonchev–Trinajstić information content (AvgIpc) is 3.09. The lowest BCUT2D eigenvalue weighted by Gasteiger charge is -2.19. The molecule has 0 aliphatic carbocycles. The molecule has 0 saturated heterocycles. The van der Waals surface area contributed by atoms with Crippen molar-refractivity contribution in [1.82, 2.24) is 24.5 Å². The van der Waals surface area contributed by atoms with Crippen molar-refractivity contribution in [1.29, 1.82) is 0 Å². The Morgan fingerprint density at radius 2 is 1.87 bits per heavy atom. The van der Waals surface area contributed by atoms with E-state index in [0.717, 1.165) is 22.7 Å². The lowest BCUT2D eigenvalue weighted by Crippen LogP contribution is -2.38. The van der Waals surface area contributed by atoms with Crippen LogP contribution in [0.25, 0.3) is 5.78 Å². The van der Waals surface area contributed by atoms with Crippen molar-refractivity contribution in [3.8, 4) is 0 Å². The number of benzene rings is 1. The number of likely N-dealkylation sites (N-methyl/N-ethyl adjacent to an activating group) is 1. The summed E-state index contributed by atoms with van der Waals surface area (Å²) in [6.07, 6.45) is -4.62. The van der Waals surface area contributed by atoms with Crippen LogP contribution in [0.2, 0.25) is 0 Å². The van der Waals surface area contributed by atoms with Gasteiger partial charge in [-0.15, -0.1) is 5.10 Å². The summed E-state index contributed by atoms with van der Waals surface area (Å²) in [6.45, 7) is 4.88. The van der Waals surface area contributed by atoms with Crippen molar-refractivity contribution in [2.24, 2.45) is 0 Å². The highest BCUT2D eigenvalue weighted by atomic mass is 19.4. The summed E-state index contributed by atoms with van der Waals surface area (Å²) in [5, 5.41) is 6.35. The van der Waals surface area contributed by atoms with E-state index in [1.807, 2.05) is 0 Å². The predicted octanol–water partition coefficient (Wildman–Crippen LogP) is 2.86. The molecule has 0 radical (unpaired) electrons. The molecule has 0 unspecified atom stereocenters. The van der Waals surface area contributed by atoms with E-state index in [1.54, 1.807) is 26.8 Å². The molecule has 3 aromatic rings. The zero-order valence-electron chi connectivity index (χ0n) is 16.5. The van der Waals surface area contributed by atoms with E-state index in [1.165, 1.54) is 16.6 Å². The van der Waals surface area contributed by atoms with Crippen LogP contribution >= 0.6 is 0 Å². The van der Waals surface area contributed by atoms with Crippen molar-refractivity contribution in [2.45, 2.75) is 26.9 Å². The molecular weight excluding hydrogens is 401 g/mol. The van der Waals surface area contributed by atoms with E-state index < -0.39 is 30.1 Å². The number of halogens is 3. The molecule has 0 aliphatic heterocycles. The van der Waals surface area contributed by atoms with Crippen LogP contribution in [0, 0.1) is 13.8 Å². The fraction of sp³-hybridized carbons (Fsp3) is 0.316. The Morgan fingerprint density at radius 1 is 1.17 bits per heavy atom. The number of alkyl halides is 3. The van der Waals surface area contributed by atoms with Gasteiger partial charge in [0.2, 0.25) is 11.7 Å². The summed E-state index contributed by atoms with van der Waals surface area (Å²) >= 11 is 0. The van der Waals surface area contributed by atoms with Gasteiger partial charge in [0.25, 0.3) is 11.7 Å². The normalized spacial score (nSPS) is 11.5. The fourth-order valence-electron chi connectivity index (χ4n) is 2.93. The van der Waals surface area contributed by atoms with Gasteiger partial charge in [-0.05, 0) is 39.0 Å². The smallest absolute Gasteiger partial charge is 0.327 e. The molecule has 0 spiro atoms. The Kier molecular flexibility index (Phi) is 5.72. The Hall–Kier alpha value is -3.50. The number of fused-ring (bicyclic) bond motifs is 1. The summed E-state index contributed by atoms with van der Waals surface area (Å²) in [5.74, 6) is -1.30. The average molecular weight is 420 g/mol. The van der Waals surface area contributed by atoms with Crippen molar-refractivity contribution in [2.75, 3.05) is 18.4 Å². The van der Waals surface area contributed by atoms with E-state index in [2.05, 4.69) is 20.4 Å². The highest BCUT2D eigenvalue weighted by Gasteiger charge is 2.33. The van der Waals surface area contributed by atoms with E-state index in [0.29, 0.717) is 5.69 Å². The third kappa shape index (κ3) is 4.39. The maximum Gasteiger partial charge on any atom is 0.418 e. The molecule has 11 heteroatoms. The summed E-state index contributed by atoms with van der Waals surface area (Å²) in [4.78, 5) is 34.6. The summed E-state index contributed by atoms with van der Waals surface area (Å²) in [7, 11) is 0. The zero-order chi connectivity index (χ0) is 22.1. The number of carbonyl (C=O) groups is 2.